The van der Waals surface area contributed by atoms with Gasteiger partial charge in [-0.1, -0.05) is 47.1 Å². The van der Waals surface area contributed by atoms with Crippen LogP contribution in [0.2, 0.25) is 0 Å². The molecule has 12 heteroatoms. The van der Waals surface area contributed by atoms with Gasteiger partial charge in [0.05, 0.1) is 13.0 Å². The summed E-state index contributed by atoms with van der Waals surface area (Å²) in [7, 11) is 0. The van der Waals surface area contributed by atoms with E-state index in [4.69, 9.17) is 4.74 Å². The fourth-order valence-corrected chi connectivity index (χ4v) is 4.55. The first-order valence-electron chi connectivity index (χ1n) is 12.3. The summed E-state index contributed by atoms with van der Waals surface area (Å²) in [5.74, 6) is -2.19. The molecule has 36 heavy (non-hydrogen) atoms. The molecule has 0 radical (unpaired) electrons. The van der Waals surface area contributed by atoms with Gasteiger partial charge in [-0.15, -0.1) is 0 Å². The third-order valence-corrected chi connectivity index (χ3v) is 6.77. The van der Waals surface area contributed by atoms with E-state index in [1.165, 1.54) is 18.2 Å². The second kappa shape index (κ2) is 16.5. The van der Waals surface area contributed by atoms with E-state index in [1.54, 1.807) is 32.9 Å². The van der Waals surface area contributed by atoms with Gasteiger partial charge in [0.25, 0.3) is 0 Å². The zero-order valence-electron chi connectivity index (χ0n) is 21.7. The van der Waals surface area contributed by atoms with Gasteiger partial charge >= 0.3 is 5.97 Å². The molecule has 2 heterocycles. The molecule has 0 aromatic rings. The van der Waals surface area contributed by atoms with Gasteiger partial charge in [0.15, 0.2) is 0 Å². The number of esters is 1. The van der Waals surface area contributed by atoms with Crippen molar-refractivity contribution < 1.29 is 28.7 Å². The van der Waals surface area contributed by atoms with Crippen molar-refractivity contribution in [3.8, 4) is 0 Å². The molecular weight excluding hydrogens is 504 g/mol. The number of ether oxygens (including phenoxy) is 1. The highest BCUT2D eigenvalue weighted by Gasteiger charge is 2.38. The van der Waals surface area contributed by atoms with Gasteiger partial charge in [0.2, 0.25) is 23.6 Å². The van der Waals surface area contributed by atoms with Crippen LogP contribution in [0.5, 0.6) is 0 Å². The monoisotopic (exact) mass is 544 g/mol. The summed E-state index contributed by atoms with van der Waals surface area (Å²) in [4.78, 5) is 63.2. The van der Waals surface area contributed by atoms with E-state index in [2.05, 4.69) is 47.7 Å². The van der Waals surface area contributed by atoms with Crippen LogP contribution in [0.15, 0.2) is 12.2 Å². The molecule has 0 aromatic carbocycles. The summed E-state index contributed by atoms with van der Waals surface area (Å²) in [5, 5.41) is 10.1. The van der Waals surface area contributed by atoms with Gasteiger partial charge in [0.1, 0.15) is 24.2 Å². The number of carbonyl (C=O) groups is 5. The average Bonchev–Trinajstić information content (AvgIpc) is 2.94. The number of thiol groups is 1. The smallest absolute Gasteiger partial charge is 0.329 e. The van der Waals surface area contributed by atoms with E-state index in [9.17, 15) is 24.0 Å². The Morgan fingerprint density at radius 1 is 1.06 bits per heavy atom. The molecule has 0 aromatic heterocycles. The van der Waals surface area contributed by atoms with Gasteiger partial charge in [-0.25, -0.2) is 4.79 Å². The Balaban J connectivity index is 0.00000205. The lowest BCUT2D eigenvalue weighted by Gasteiger charge is -2.27. The number of hydrogen-bond donors (Lipinski definition) is 5. The molecule has 4 N–H and O–H groups in total. The van der Waals surface area contributed by atoms with E-state index >= 15 is 0 Å². The average molecular weight is 545 g/mol. The van der Waals surface area contributed by atoms with Gasteiger partial charge in [-0.05, 0) is 24.2 Å². The van der Waals surface area contributed by atoms with Crippen molar-refractivity contribution in [2.45, 2.75) is 83.4 Å². The molecule has 3 unspecified atom stereocenters. The van der Waals surface area contributed by atoms with Crippen LogP contribution < -0.4 is 21.3 Å². The van der Waals surface area contributed by atoms with Crippen LogP contribution in [0.25, 0.3) is 0 Å². The van der Waals surface area contributed by atoms with Gasteiger partial charge in [-0.2, -0.15) is 24.4 Å². The molecule has 0 saturated carbocycles. The second-order valence-corrected chi connectivity index (χ2v) is 10.8. The first kappa shape index (κ1) is 31.8. The third kappa shape index (κ3) is 10.8. The molecule has 4 amide bonds. The lowest BCUT2D eigenvalue weighted by atomic mass is 10.0. The number of allylic oxidation sites excluding steroid dienone is 1. The van der Waals surface area contributed by atoms with Crippen molar-refractivity contribution in [1.29, 1.82) is 0 Å². The van der Waals surface area contributed by atoms with Crippen LogP contribution in [0.1, 0.15) is 53.9 Å². The van der Waals surface area contributed by atoms with Crippen molar-refractivity contribution in [2.75, 3.05) is 18.1 Å². The van der Waals surface area contributed by atoms with Gasteiger partial charge in [-0.3, -0.25) is 19.2 Å². The number of fused-ring (bicyclic) bond motifs is 3. The van der Waals surface area contributed by atoms with Crippen LogP contribution in [-0.2, 0) is 28.7 Å². The summed E-state index contributed by atoms with van der Waals surface area (Å²) in [6.07, 6.45) is 4.15. The normalized spacial score (nSPS) is 28.3. The molecule has 2 aliphatic heterocycles. The van der Waals surface area contributed by atoms with Gasteiger partial charge in [0, 0.05) is 11.0 Å². The van der Waals surface area contributed by atoms with Crippen LogP contribution in [0.3, 0.4) is 0 Å². The zero-order valence-corrected chi connectivity index (χ0v) is 23.4. The highest BCUT2D eigenvalue weighted by Crippen LogP contribution is 2.20. The molecule has 2 bridgehead atoms. The van der Waals surface area contributed by atoms with E-state index in [0.717, 1.165) is 0 Å². The molecule has 2 aliphatic rings. The number of nitrogens with one attached hydrogen (secondary N) is 4. The van der Waals surface area contributed by atoms with Gasteiger partial charge < -0.3 is 26.0 Å². The Labute approximate surface area is 223 Å². The summed E-state index contributed by atoms with van der Waals surface area (Å²) in [6.45, 7) is 9.23. The fraction of sp³-hybridized carbons (Fsp3) is 0.708. The van der Waals surface area contributed by atoms with E-state index in [-0.39, 0.29) is 29.9 Å². The van der Waals surface area contributed by atoms with Crippen molar-refractivity contribution in [3.05, 3.63) is 12.2 Å². The Bertz CT molecular complexity index is 807. The quantitative estimate of drug-likeness (QED) is 0.202. The topological polar surface area (TPSA) is 143 Å². The predicted octanol–water partition coefficient (Wildman–Crippen LogP) is 0.956. The zero-order chi connectivity index (χ0) is 27.3. The molecule has 2 rings (SSSR count). The minimum atomic E-state index is -0.970. The maximum atomic E-state index is 13.0. The lowest BCUT2D eigenvalue weighted by Crippen LogP contribution is -2.58. The predicted molar refractivity (Wildman–Crippen MR) is 144 cm³/mol. The lowest BCUT2D eigenvalue weighted by molar-refractivity contribution is -0.153. The van der Waals surface area contributed by atoms with Crippen molar-refractivity contribution in [1.82, 2.24) is 21.3 Å². The first-order chi connectivity index (χ1) is 17.0. The van der Waals surface area contributed by atoms with Crippen molar-refractivity contribution >= 4 is 54.0 Å². The highest BCUT2D eigenvalue weighted by molar-refractivity contribution is 8.00. The Kier molecular flexibility index (Phi) is 14.6. The number of rotatable bonds is 4. The maximum Gasteiger partial charge on any atom is 0.329 e. The number of amides is 4. The minimum absolute atomic E-state index is 0.194. The molecule has 2 fully saturated rings. The number of carbonyl (C=O) groups excluding carboxylic acids is 5. The summed E-state index contributed by atoms with van der Waals surface area (Å²) < 4.78 is 5.55. The summed E-state index contributed by atoms with van der Waals surface area (Å²) in [6, 6.07) is -2.71. The number of hydrogen-bond acceptors (Lipinski definition) is 8. The Morgan fingerprint density at radius 3 is 2.33 bits per heavy atom. The second-order valence-electron chi connectivity index (χ2n) is 8.98. The molecule has 2 saturated heterocycles. The number of cyclic esters (lactones) is 1. The first-order valence-corrected chi connectivity index (χ1v) is 14.0. The molecule has 0 spiro atoms. The summed E-state index contributed by atoms with van der Waals surface area (Å²) in [5.41, 5.74) is 0. The highest BCUT2D eigenvalue weighted by atomic mass is 32.2. The molecule has 5 atom stereocenters. The number of thioether (sulfide) groups is 1. The summed E-state index contributed by atoms with van der Waals surface area (Å²) >= 11 is 5.48. The molecule has 0 aliphatic carbocycles. The fourth-order valence-electron chi connectivity index (χ4n) is 3.29. The maximum absolute atomic E-state index is 13.0. The molecular formula is C24H40N4O6S2. The SMILES string of the molecule is CC(C)C1NC(=O)C2NC(=O)[C@@H](CSC2C)NC(=O)CNC(=O)C[C@H](/C=C/CCS)OC1=O.CCC. The Morgan fingerprint density at radius 2 is 1.72 bits per heavy atom. The van der Waals surface area contributed by atoms with E-state index < -0.39 is 53.8 Å². The Hall–Kier alpha value is -2.21. The van der Waals surface area contributed by atoms with Crippen LogP contribution in [-0.4, -0.2) is 77.1 Å². The largest absolute Gasteiger partial charge is 0.456 e. The van der Waals surface area contributed by atoms with E-state index in [0.29, 0.717) is 12.2 Å². The third-order valence-electron chi connectivity index (χ3n) is 5.19. The standard InChI is InChI=1S/C21H32N4O6S2.C3H8/c1-11(2)17-21(30)31-13(6-4-5-7-32)8-15(26)22-9-16(27)23-14-10-33-12(3)18(20(29)24-17)25-19(14)28;1-3-2/h4,6,11-14,17-18,32H,5,7-10H2,1-3H3,(H,22,26)(H,23,27)(H,24,29)(H,25,28);3H2,1-2H3/b6-4+;/t12?,13-,14+,17?,18?;/m0./s1. The van der Waals surface area contributed by atoms with Crippen LogP contribution >= 0.6 is 24.4 Å². The molecule has 204 valence electrons. The van der Waals surface area contributed by atoms with Crippen LogP contribution in [0, 0.1) is 5.92 Å². The molecule has 10 nitrogen and oxygen atoms in total. The van der Waals surface area contributed by atoms with E-state index in [1.807, 2.05) is 0 Å². The van der Waals surface area contributed by atoms with Crippen LogP contribution in [0.4, 0.5) is 0 Å². The minimum Gasteiger partial charge on any atom is -0.456 e. The van der Waals surface area contributed by atoms with Crippen molar-refractivity contribution in [3.63, 3.8) is 0 Å². The van der Waals surface area contributed by atoms with Crippen molar-refractivity contribution in [2.24, 2.45) is 5.92 Å².